The molecule has 2 saturated heterocycles. The van der Waals surface area contributed by atoms with Crippen LogP contribution in [0, 0.1) is 0 Å². The molecule has 2 N–H and O–H groups in total. The largest absolute Gasteiger partial charge is 0.328 e. The quantitative estimate of drug-likeness (QED) is 0.912. The molecule has 2 aliphatic heterocycles. The van der Waals surface area contributed by atoms with Gasteiger partial charge in [-0.1, -0.05) is 30.7 Å². The van der Waals surface area contributed by atoms with Gasteiger partial charge in [-0.15, -0.1) is 0 Å². The molecule has 3 rings (SSSR count). The SMILES string of the molecule is CCC(c1ccc(Cl)cc1)N1C2CCC1CC(N)C2. The van der Waals surface area contributed by atoms with Crippen molar-refractivity contribution in [1.82, 2.24) is 4.90 Å². The van der Waals surface area contributed by atoms with Crippen molar-refractivity contribution in [2.45, 2.75) is 63.2 Å². The van der Waals surface area contributed by atoms with Crippen molar-refractivity contribution in [3.05, 3.63) is 34.9 Å². The van der Waals surface area contributed by atoms with Gasteiger partial charge in [-0.3, -0.25) is 4.90 Å². The lowest BCUT2D eigenvalue weighted by Gasteiger charge is -2.43. The number of benzene rings is 1. The number of nitrogens with zero attached hydrogens (tertiary/aromatic N) is 1. The maximum absolute atomic E-state index is 6.17. The van der Waals surface area contributed by atoms with Crippen LogP contribution < -0.4 is 5.73 Å². The van der Waals surface area contributed by atoms with Gasteiger partial charge in [-0.25, -0.2) is 0 Å². The fourth-order valence-electron chi connectivity index (χ4n) is 4.07. The maximum atomic E-state index is 6.17. The summed E-state index contributed by atoms with van der Waals surface area (Å²) in [6.45, 7) is 2.28. The van der Waals surface area contributed by atoms with Crippen molar-refractivity contribution >= 4 is 11.6 Å². The van der Waals surface area contributed by atoms with E-state index in [-0.39, 0.29) is 0 Å². The Morgan fingerprint density at radius 2 is 1.79 bits per heavy atom. The number of hydrogen-bond acceptors (Lipinski definition) is 2. The van der Waals surface area contributed by atoms with E-state index in [0.29, 0.717) is 24.2 Å². The van der Waals surface area contributed by atoms with Gasteiger partial charge in [0.25, 0.3) is 0 Å². The Kier molecular flexibility index (Phi) is 3.84. The van der Waals surface area contributed by atoms with Crippen LogP contribution in [0.1, 0.15) is 50.6 Å². The molecule has 0 aliphatic carbocycles. The number of hydrogen-bond donors (Lipinski definition) is 1. The molecule has 2 aliphatic rings. The highest BCUT2D eigenvalue weighted by molar-refractivity contribution is 6.30. The Hall–Kier alpha value is -0.570. The summed E-state index contributed by atoms with van der Waals surface area (Å²) in [6, 6.07) is 10.7. The second-order valence-corrected chi connectivity index (χ2v) is 6.48. The molecule has 2 nitrogen and oxygen atoms in total. The van der Waals surface area contributed by atoms with Crippen molar-refractivity contribution < 1.29 is 0 Å². The van der Waals surface area contributed by atoms with Crippen LogP contribution in [-0.4, -0.2) is 23.0 Å². The van der Waals surface area contributed by atoms with Gasteiger partial charge in [-0.2, -0.15) is 0 Å². The summed E-state index contributed by atoms with van der Waals surface area (Å²) in [6.07, 6.45) is 6.13. The minimum Gasteiger partial charge on any atom is -0.328 e. The van der Waals surface area contributed by atoms with Crippen molar-refractivity contribution in [3.8, 4) is 0 Å². The van der Waals surface area contributed by atoms with Crippen molar-refractivity contribution in [1.29, 1.82) is 0 Å². The summed E-state index contributed by atoms with van der Waals surface area (Å²) < 4.78 is 0. The number of rotatable bonds is 3. The van der Waals surface area contributed by atoms with Crippen molar-refractivity contribution in [3.63, 3.8) is 0 Å². The first-order chi connectivity index (χ1) is 9.19. The predicted octanol–water partition coefficient (Wildman–Crippen LogP) is 3.75. The Balaban J connectivity index is 1.85. The number of halogens is 1. The Morgan fingerprint density at radius 3 is 2.32 bits per heavy atom. The van der Waals surface area contributed by atoms with E-state index in [9.17, 15) is 0 Å². The van der Waals surface area contributed by atoms with Gasteiger partial charge in [0.15, 0.2) is 0 Å². The molecule has 2 bridgehead atoms. The van der Waals surface area contributed by atoms with E-state index in [1.54, 1.807) is 0 Å². The summed E-state index contributed by atoms with van der Waals surface area (Å²) in [5.41, 5.74) is 7.58. The molecule has 0 radical (unpaired) electrons. The van der Waals surface area contributed by atoms with Crippen LogP contribution in [0.3, 0.4) is 0 Å². The van der Waals surface area contributed by atoms with Crippen LogP contribution in [-0.2, 0) is 0 Å². The summed E-state index contributed by atoms with van der Waals surface area (Å²) in [5.74, 6) is 0. The second-order valence-electron chi connectivity index (χ2n) is 6.04. The molecule has 3 unspecified atom stereocenters. The number of fused-ring (bicyclic) bond motifs is 2. The molecule has 2 heterocycles. The fraction of sp³-hybridized carbons (Fsp3) is 0.625. The minimum absolute atomic E-state index is 0.413. The average Bonchev–Trinajstić information content (AvgIpc) is 2.66. The first-order valence-electron chi connectivity index (χ1n) is 7.47. The molecular formula is C16H23ClN2. The molecule has 3 atom stereocenters. The van der Waals surface area contributed by atoms with Crippen LogP contribution in [0.5, 0.6) is 0 Å². The number of piperidine rings is 1. The van der Waals surface area contributed by atoms with Crippen molar-refractivity contribution in [2.75, 3.05) is 0 Å². The monoisotopic (exact) mass is 278 g/mol. The normalized spacial score (nSPS) is 32.5. The lowest BCUT2D eigenvalue weighted by Crippen LogP contribution is -2.48. The Bertz CT molecular complexity index is 417. The molecule has 19 heavy (non-hydrogen) atoms. The molecule has 1 aromatic rings. The van der Waals surface area contributed by atoms with E-state index in [0.717, 1.165) is 11.4 Å². The molecule has 0 aromatic heterocycles. The highest BCUT2D eigenvalue weighted by Gasteiger charge is 2.42. The smallest absolute Gasteiger partial charge is 0.0406 e. The van der Waals surface area contributed by atoms with Gasteiger partial charge in [0, 0.05) is 29.2 Å². The van der Waals surface area contributed by atoms with Gasteiger partial charge in [-0.05, 0) is 49.8 Å². The molecule has 0 saturated carbocycles. The van der Waals surface area contributed by atoms with Gasteiger partial charge in [0.2, 0.25) is 0 Å². The van der Waals surface area contributed by atoms with E-state index in [2.05, 4.69) is 24.0 Å². The van der Waals surface area contributed by atoms with Gasteiger partial charge >= 0.3 is 0 Å². The highest BCUT2D eigenvalue weighted by Crippen LogP contribution is 2.42. The van der Waals surface area contributed by atoms with Gasteiger partial charge in [0.05, 0.1) is 0 Å². The van der Waals surface area contributed by atoms with Crippen LogP contribution in [0.2, 0.25) is 5.02 Å². The lowest BCUT2D eigenvalue weighted by molar-refractivity contribution is 0.0746. The topological polar surface area (TPSA) is 29.3 Å². The van der Waals surface area contributed by atoms with Gasteiger partial charge < -0.3 is 5.73 Å². The third-order valence-electron chi connectivity index (χ3n) is 4.83. The van der Waals surface area contributed by atoms with E-state index < -0.39 is 0 Å². The standard InChI is InChI=1S/C16H23ClN2/c1-2-16(11-3-5-12(17)6-4-11)19-14-7-8-15(19)10-13(18)9-14/h3-6,13-16H,2,7-10,18H2,1H3. The first-order valence-corrected chi connectivity index (χ1v) is 7.85. The number of nitrogens with two attached hydrogens (primary N) is 1. The Labute approximate surface area is 120 Å². The summed E-state index contributed by atoms with van der Waals surface area (Å²) in [7, 11) is 0. The van der Waals surface area contributed by atoms with E-state index in [1.807, 2.05) is 12.1 Å². The fourth-order valence-corrected chi connectivity index (χ4v) is 4.19. The zero-order valence-electron chi connectivity index (χ0n) is 11.6. The van der Waals surface area contributed by atoms with E-state index in [1.165, 1.54) is 31.2 Å². The minimum atomic E-state index is 0.413. The van der Waals surface area contributed by atoms with Crippen LogP contribution in [0.4, 0.5) is 0 Å². The zero-order valence-corrected chi connectivity index (χ0v) is 12.3. The third-order valence-corrected chi connectivity index (χ3v) is 5.08. The molecule has 2 fully saturated rings. The highest BCUT2D eigenvalue weighted by atomic mass is 35.5. The summed E-state index contributed by atoms with van der Waals surface area (Å²) in [5, 5.41) is 0.822. The predicted molar refractivity (Wildman–Crippen MR) is 80.3 cm³/mol. The van der Waals surface area contributed by atoms with Crippen LogP contribution in [0.25, 0.3) is 0 Å². The molecular weight excluding hydrogens is 256 g/mol. The summed E-state index contributed by atoms with van der Waals surface area (Å²) in [4.78, 5) is 2.74. The van der Waals surface area contributed by atoms with Crippen LogP contribution in [0.15, 0.2) is 24.3 Å². The van der Waals surface area contributed by atoms with Crippen LogP contribution >= 0.6 is 11.6 Å². The summed E-state index contributed by atoms with van der Waals surface area (Å²) >= 11 is 6.00. The molecule has 104 valence electrons. The van der Waals surface area contributed by atoms with Gasteiger partial charge in [0.1, 0.15) is 0 Å². The molecule has 3 heteroatoms. The average molecular weight is 279 g/mol. The Morgan fingerprint density at radius 1 is 1.21 bits per heavy atom. The van der Waals surface area contributed by atoms with Crippen molar-refractivity contribution in [2.24, 2.45) is 5.73 Å². The first kappa shape index (κ1) is 13.4. The molecule has 0 spiro atoms. The third kappa shape index (κ3) is 2.54. The van der Waals surface area contributed by atoms with E-state index in [4.69, 9.17) is 17.3 Å². The van der Waals surface area contributed by atoms with E-state index >= 15 is 0 Å². The lowest BCUT2D eigenvalue weighted by atomic mass is 9.92. The second kappa shape index (κ2) is 5.43. The maximum Gasteiger partial charge on any atom is 0.0406 e. The molecule has 1 aromatic carbocycles. The zero-order chi connectivity index (χ0) is 13.4. The molecule has 0 amide bonds.